The maximum atomic E-state index is 10.9. The van der Waals surface area contributed by atoms with Gasteiger partial charge in [-0.1, -0.05) is 19.4 Å². The van der Waals surface area contributed by atoms with Crippen molar-refractivity contribution in [3.05, 3.63) is 12.7 Å². The summed E-state index contributed by atoms with van der Waals surface area (Å²) in [5, 5.41) is 0. The fourth-order valence-electron chi connectivity index (χ4n) is 5.61. The van der Waals surface area contributed by atoms with Crippen molar-refractivity contribution in [3.63, 3.8) is 0 Å². The van der Waals surface area contributed by atoms with Crippen LogP contribution >= 0.6 is 0 Å². The lowest BCUT2D eigenvalue weighted by atomic mass is 9.48. The van der Waals surface area contributed by atoms with Gasteiger partial charge in [-0.3, -0.25) is 0 Å². The fraction of sp³-hybridized carbons (Fsp3) is 0.833. The van der Waals surface area contributed by atoms with Crippen LogP contribution in [0.2, 0.25) is 0 Å². The highest BCUT2D eigenvalue weighted by atomic mass is 16.5. The Balaban J connectivity index is 1.36. The molecular formula is C18H28O2. The summed E-state index contributed by atoms with van der Waals surface area (Å²) in [6, 6.07) is 0. The molecule has 0 aromatic carbocycles. The Kier molecular flexibility index (Phi) is 4.18. The molecule has 4 fully saturated rings. The number of hydrogen-bond acceptors (Lipinski definition) is 2. The minimum absolute atomic E-state index is 0.286. The van der Waals surface area contributed by atoms with Gasteiger partial charge in [0, 0.05) is 6.08 Å². The van der Waals surface area contributed by atoms with E-state index in [0.717, 1.165) is 24.2 Å². The predicted octanol–water partition coefficient (Wildman–Crippen LogP) is 4.49. The molecule has 0 spiro atoms. The van der Waals surface area contributed by atoms with Crippen LogP contribution in [-0.2, 0) is 9.53 Å². The lowest BCUT2D eigenvalue weighted by Gasteiger charge is -2.57. The van der Waals surface area contributed by atoms with E-state index in [-0.39, 0.29) is 5.97 Å². The standard InChI is InChI=1S/C18H28O2/c1-2-17(19)20-7-5-3-4-6-18-11-14-8-15(12-18)10-16(9-14)13-18/h2,14-16H,1,3-13H2. The van der Waals surface area contributed by atoms with Crippen LogP contribution in [0.25, 0.3) is 0 Å². The maximum absolute atomic E-state index is 10.9. The van der Waals surface area contributed by atoms with Crippen LogP contribution in [0.4, 0.5) is 0 Å². The van der Waals surface area contributed by atoms with E-state index in [1.165, 1.54) is 63.9 Å². The van der Waals surface area contributed by atoms with E-state index in [0.29, 0.717) is 12.0 Å². The van der Waals surface area contributed by atoms with Crippen molar-refractivity contribution in [1.82, 2.24) is 0 Å². The van der Waals surface area contributed by atoms with Gasteiger partial charge in [0.15, 0.2) is 0 Å². The summed E-state index contributed by atoms with van der Waals surface area (Å²) in [5.74, 6) is 2.91. The molecule has 0 atom stereocenters. The van der Waals surface area contributed by atoms with Crippen molar-refractivity contribution in [2.75, 3.05) is 6.61 Å². The normalized spacial score (nSPS) is 37.9. The number of carbonyl (C=O) groups excluding carboxylic acids is 1. The van der Waals surface area contributed by atoms with E-state index >= 15 is 0 Å². The Morgan fingerprint density at radius 1 is 1.05 bits per heavy atom. The van der Waals surface area contributed by atoms with Crippen LogP contribution in [-0.4, -0.2) is 12.6 Å². The molecule has 4 saturated carbocycles. The van der Waals surface area contributed by atoms with Crippen LogP contribution in [0.1, 0.15) is 64.2 Å². The molecule has 4 rings (SSSR count). The van der Waals surface area contributed by atoms with Crippen LogP contribution in [0.3, 0.4) is 0 Å². The van der Waals surface area contributed by atoms with Gasteiger partial charge in [-0.25, -0.2) is 4.79 Å². The highest BCUT2D eigenvalue weighted by Crippen LogP contribution is 2.61. The van der Waals surface area contributed by atoms with Crippen LogP contribution in [0.15, 0.2) is 12.7 Å². The molecule has 0 radical (unpaired) electrons. The third kappa shape index (κ3) is 3.10. The molecule has 112 valence electrons. The Morgan fingerprint density at radius 2 is 1.65 bits per heavy atom. The van der Waals surface area contributed by atoms with Crippen molar-refractivity contribution in [3.8, 4) is 0 Å². The van der Waals surface area contributed by atoms with Crippen molar-refractivity contribution in [2.45, 2.75) is 64.2 Å². The van der Waals surface area contributed by atoms with Gasteiger partial charge in [0.2, 0.25) is 0 Å². The first-order valence-electron chi connectivity index (χ1n) is 8.48. The quantitative estimate of drug-likeness (QED) is 0.389. The van der Waals surface area contributed by atoms with Gasteiger partial charge >= 0.3 is 5.97 Å². The average molecular weight is 276 g/mol. The van der Waals surface area contributed by atoms with Gasteiger partial charge < -0.3 is 4.74 Å². The molecule has 4 aliphatic rings. The van der Waals surface area contributed by atoms with Crippen molar-refractivity contribution in [2.24, 2.45) is 23.2 Å². The number of hydrogen-bond donors (Lipinski definition) is 0. The molecule has 0 heterocycles. The summed E-state index contributed by atoms with van der Waals surface area (Å²) in [4.78, 5) is 10.9. The van der Waals surface area contributed by atoms with Gasteiger partial charge in [-0.15, -0.1) is 0 Å². The Hall–Kier alpha value is -0.790. The minimum Gasteiger partial charge on any atom is -0.463 e. The maximum Gasteiger partial charge on any atom is 0.330 e. The summed E-state index contributed by atoms with van der Waals surface area (Å²) >= 11 is 0. The lowest BCUT2D eigenvalue weighted by molar-refractivity contribution is -0.137. The Labute approximate surface area is 123 Å². The SMILES string of the molecule is C=CC(=O)OCCCCCC12CC3CC(CC(C3)C1)C2. The molecule has 0 aliphatic heterocycles. The van der Waals surface area contributed by atoms with Gasteiger partial charge in [0.05, 0.1) is 6.61 Å². The van der Waals surface area contributed by atoms with E-state index in [4.69, 9.17) is 4.74 Å². The van der Waals surface area contributed by atoms with Crippen LogP contribution < -0.4 is 0 Å². The highest BCUT2D eigenvalue weighted by molar-refractivity contribution is 5.81. The molecule has 4 aliphatic carbocycles. The number of unbranched alkanes of at least 4 members (excludes halogenated alkanes) is 2. The second-order valence-electron chi connectivity index (χ2n) is 7.60. The monoisotopic (exact) mass is 276 g/mol. The molecular weight excluding hydrogens is 248 g/mol. The average Bonchev–Trinajstić information content (AvgIpc) is 2.40. The fourth-order valence-corrected chi connectivity index (χ4v) is 5.61. The van der Waals surface area contributed by atoms with Crippen molar-refractivity contribution >= 4 is 5.97 Å². The first-order valence-corrected chi connectivity index (χ1v) is 8.48. The summed E-state index contributed by atoms with van der Waals surface area (Å²) < 4.78 is 5.03. The van der Waals surface area contributed by atoms with E-state index < -0.39 is 0 Å². The molecule has 0 amide bonds. The zero-order chi connectivity index (χ0) is 14.0. The Bertz CT molecular complexity index is 336. The number of ether oxygens (including phenoxy) is 1. The van der Waals surface area contributed by atoms with Crippen LogP contribution in [0.5, 0.6) is 0 Å². The summed E-state index contributed by atoms with van der Waals surface area (Å²) in [6.07, 6.45) is 15.4. The topological polar surface area (TPSA) is 26.3 Å². The molecule has 2 heteroatoms. The third-order valence-electron chi connectivity index (χ3n) is 5.93. The first-order chi connectivity index (χ1) is 9.69. The van der Waals surface area contributed by atoms with Gasteiger partial charge in [-0.2, -0.15) is 0 Å². The molecule has 0 saturated heterocycles. The molecule has 2 nitrogen and oxygen atoms in total. The third-order valence-corrected chi connectivity index (χ3v) is 5.93. The second-order valence-corrected chi connectivity index (χ2v) is 7.60. The smallest absolute Gasteiger partial charge is 0.330 e. The first kappa shape index (κ1) is 14.2. The highest BCUT2D eigenvalue weighted by Gasteiger charge is 2.50. The molecule has 0 N–H and O–H groups in total. The van der Waals surface area contributed by atoms with E-state index in [9.17, 15) is 4.79 Å². The van der Waals surface area contributed by atoms with Crippen molar-refractivity contribution in [1.29, 1.82) is 0 Å². The number of rotatable bonds is 7. The minimum atomic E-state index is -0.286. The summed E-state index contributed by atoms with van der Waals surface area (Å²) in [5.41, 5.74) is 0.715. The molecule has 0 aromatic rings. The lowest BCUT2D eigenvalue weighted by Crippen LogP contribution is -2.45. The second kappa shape index (κ2) is 5.91. The van der Waals surface area contributed by atoms with E-state index in [1.807, 2.05) is 0 Å². The van der Waals surface area contributed by atoms with Crippen LogP contribution in [0, 0.1) is 23.2 Å². The molecule has 0 unspecified atom stereocenters. The Morgan fingerprint density at radius 3 is 2.20 bits per heavy atom. The van der Waals surface area contributed by atoms with Gasteiger partial charge in [0.25, 0.3) is 0 Å². The molecule has 0 aromatic heterocycles. The van der Waals surface area contributed by atoms with Gasteiger partial charge in [-0.05, 0) is 74.5 Å². The zero-order valence-electron chi connectivity index (χ0n) is 12.6. The van der Waals surface area contributed by atoms with Gasteiger partial charge in [0.1, 0.15) is 0 Å². The predicted molar refractivity (Wildman–Crippen MR) is 80.2 cm³/mol. The summed E-state index contributed by atoms with van der Waals surface area (Å²) in [6.45, 7) is 3.97. The largest absolute Gasteiger partial charge is 0.463 e. The molecule has 4 bridgehead atoms. The van der Waals surface area contributed by atoms with E-state index in [2.05, 4.69) is 6.58 Å². The number of carbonyl (C=O) groups is 1. The van der Waals surface area contributed by atoms with Crippen molar-refractivity contribution < 1.29 is 9.53 Å². The van der Waals surface area contributed by atoms with E-state index in [1.54, 1.807) is 0 Å². The number of esters is 1. The summed E-state index contributed by atoms with van der Waals surface area (Å²) in [7, 11) is 0. The molecule has 20 heavy (non-hydrogen) atoms. The zero-order valence-corrected chi connectivity index (χ0v) is 12.6.